The van der Waals surface area contributed by atoms with Crippen LogP contribution in [0.2, 0.25) is 10.0 Å². The van der Waals surface area contributed by atoms with E-state index in [2.05, 4.69) is 15.5 Å². The second-order valence-electron chi connectivity index (χ2n) is 5.90. The third-order valence-electron chi connectivity index (χ3n) is 4.11. The van der Waals surface area contributed by atoms with Gasteiger partial charge < -0.3 is 15.5 Å². The van der Waals surface area contributed by atoms with Crippen LogP contribution < -0.4 is 10.6 Å². The molecule has 0 unspecified atom stereocenters. The number of carbonyl (C=O) groups is 2. The van der Waals surface area contributed by atoms with Gasteiger partial charge in [-0.15, -0.1) is 0 Å². The Morgan fingerprint density at radius 2 is 1.72 bits per heavy atom. The van der Waals surface area contributed by atoms with E-state index in [-0.39, 0.29) is 11.9 Å². The molecule has 3 amide bonds. The number of rotatable bonds is 6. The summed E-state index contributed by atoms with van der Waals surface area (Å²) in [5.74, 6) is 0.0250. The van der Waals surface area contributed by atoms with Crippen LogP contribution >= 0.6 is 23.2 Å². The fraction of sp³-hybridized carbons (Fsp3) is 0.529. The molecule has 1 heterocycles. The second kappa shape index (κ2) is 9.85. The highest BCUT2D eigenvalue weighted by Gasteiger charge is 2.22. The van der Waals surface area contributed by atoms with Crippen LogP contribution in [0.5, 0.6) is 0 Å². The number of amides is 3. The molecule has 1 aliphatic rings. The summed E-state index contributed by atoms with van der Waals surface area (Å²) in [5, 5.41) is 6.91. The first kappa shape index (κ1) is 19.8. The highest BCUT2D eigenvalue weighted by atomic mass is 35.5. The van der Waals surface area contributed by atoms with Crippen molar-refractivity contribution in [2.45, 2.75) is 13.3 Å². The van der Waals surface area contributed by atoms with Gasteiger partial charge in [0.1, 0.15) is 0 Å². The first-order valence-corrected chi connectivity index (χ1v) is 9.21. The highest BCUT2D eigenvalue weighted by molar-refractivity contribution is 6.35. The lowest BCUT2D eigenvalue weighted by Crippen LogP contribution is -2.53. The van der Waals surface area contributed by atoms with Crippen LogP contribution in [-0.4, -0.2) is 67.6 Å². The first-order chi connectivity index (χ1) is 12.0. The van der Waals surface area contributed by atoms with Crippen molar-refractivity contribution in [1.82, 2.24) is 20.4 Å². The molecule has 1 saturated heterocycles. The summed E-state index contributed by atoms with van der Waals surface area (Å²) in [5.41, 5.74) is 0.845. The number of nitrogens with one attached hydrogen (secondary N) is 2. The SMILES string of the molecule is CCNC(=O)CN1CCN(C(=O)NCCc2c(Cl)cccc2Cl)CC1. The zero-order chi connectivity index (χ0) is 18.2. The lowest BCUT2D eigenvalue weighted by Gasteiger charge is -2.34. The van der Waals surface area contributed by atoms with E-state index in [0.29, 0.717) is 62.3 Å². The van der Waals surface area contributed by atoms with Gasteiger partial charge in [0.15, 0.2) is 0 Å². The molecule has 0 radical (unpaired) electrons. The molecule has 2 N–H and O–H groups in total. The summed E-state index contributed by atoms with van der Waals surface area (Å²) in [7, 11) is 0. The van der Waals surface area contributed by atoms with Crippen LogP contribution in [0.15, 0.2) is 18.2 Å². The molecule has 25 heavy (non-hydrogen) atoms. The Balaban J connectivity index is 1.71. The minimum Gasteiger partial charge on any atom is -0.355 e. The van der Waals surface area contributed by atoms with Gasteiger partial charge in [0.2, 0.25) is 5.91 Å². The van der Waals surface area contributed by atoms with Crippen molar-refractivity contribution in [3.05, 3.63) is 33.8 Å². The maximum Gasteiger partial charge on any atom is 0.317 e. The summed E-state index contributed by atoms with van der Waals surface area (Å²) in [6.07, 6.45) is 0.585. The Labute approximate surface area is 158 Å². The fourth-order valence-corrected chi connectivity index (χ4v) is 3.33. The topological polar surface area (TPSA) is 64.7 Å². The molecule has 2 rings (SSSR count). The van der Waals surface area contributed by atoms with Crippen molar-refractivity contribution in [3.63, 3.8) is 0 Å². The number of hydrogen-bond donors (Lipinski definition) is 2. The van der Waals surface area contributed by atoms with E-state index in [1.54, 1.807) is 23.1 Å². The van der Waals surface area contributed by atoms with Crippen LogP contribution in [0.1, 0.15) is 12.5 Å². The van der Waals surface area contributed by atoms with Gasteiger partial charge in [-0.1, -0.05) is 29.3 Å². The number of piperazine rings is 1. The molecular weight excluding hydrogens is 363 g/mol. The zero-order valence-corrected chi connectivity index (χ0v) is 15.9. The molecule has 0 atom stereocenters. The van der Waals surface area contributed by atoms with Gasteiger partial charge in [-0.3, -0.25) is 9.69 Å². The molecule has 1 aromatic rings. The summed E-state index contributed by atoms with van der Waals surface area (Å²) >= 11 is 12.3. The average Bonchev–Trinajstić information content (AvgIpc) is 2.58. The number of urea groups is 1. The van der Waals surface area contributed by atoms with Crippen molar-refractivity contribution >= 4 is 35.1 Å². The summed E-state index contributed by atoms with van der Waals surface area (Å²) < 4.78 is 0. The average molecular weight is 387 g/mol. The van der Waals surface area contributed by atoms with Crippen molar-refractivity contribution in [2.24, 2.45) is 0 Å². The predicted molar refractivity (Wildman–Crippen MR) is 100 cm³/mol. The Kier molecular flexibility index (Phi) is 7.81. The molecule has 8 heteroatoms. The van der Waals surface area contributed by atoms with Gasteiger partial charge in [0.05, 0.1) is 6.54 Å². The van der Waals surface area contributed by atoms with Gasteiger partial charge in [0, 0.05) is 49.3 Å². The van der Waals surface area contributed by atoms with Crippen LogP contribution in [0.4, 0.5) is 4.79 Å². The molecule has 1 aromatic carbocycles. The Morgan fingerprint density at radius 1 is 1.08 bits per heavy atom. The second-order valence-corrected chi connectivity index (χ2v) is 6.71. The molecule has 6 nitrogen and oxygen atoms in total. The van der Waals surface area contributed by atoms with Gasteiger partial charge in [-0.05, 0) is 31.0 Å². The van der Waals surface area contributed by atoms with Crippen molar-refractivity contribution in [2.75, 3.05) is 45.8 Å². The summed E-state index contributed by atoms with van der Waals surface area (Å²) in [6.45, 7) is 6.00. The summed E-state index contributed by atoms with van der Waals surface area (Å²) in [4.78, 5) is 27.7. The Hall–Kier alpha value is -1.50. The van der Waals surface area contributed by atoms with Gasteiger partial charge in [-0.2, -0.15) is 0 Å². The normalized spacial score (nSPS) is 15.1. The molecule has 0 aliphatic carbocycles. The third-order valence-corrected chi connectivity index (χ3v) is 4.82. The molecule has 0 aromatic heterocycles. The number of hydrogen-bond acceptors (Lipinski definition) is 3. The van der Waals surface area contributed by atoms with E-state index >= 15 is 0 Å². The summed E-state index contributed by atoms with van der Waals surface area (Å²) in [6, 6.07) is 5.28. The fourth-order valence-electron chi connectivity index (χ4n) is 2.74. The zero-order valence-electron chi connectivity index (χ0n) is 14.4. The van der Waals surface area contributed by atoms with Gasteiger partial charge in [0.25, 0.3) is 0 Å². The predicted octanol–water partition coefficient (Wildman–Crippen LogP) is 2.00. The Bertz CT molecular complexity index is 584. The maximum absolute atomic E-state index is 12.2. The molecule has 0 spiro atoms. The quantitative estimate of drug-likeness (QED) is 0.785. The van der Waals surface area contributed by atoms with Crippen molar-refractivity contribution < 1.29 is 9.59 Å². The number of carbonyl (C=O) groups excluding carboxylic acids is 2. The van der Waals surface area contributed by atoms with E-state index in [0.717, 1.165) is 5.56 Å². The van der Waals surface area contributed by atoms with Crippen LogP contribution in [0, 0.1) is 0 Å². The molecular formula is C17H24Cl2N4O2. The van der Waals surface area contributed by atoms with Gasteiger partial charge >= 0.3 is 6.03 Å². The van der Waals surface area contributed by atoms with E-state index in [9.17, 15) is 9.59 Å². The Morgan fingerprint density at radius 3 is 2.32 bits per heavy atom. The number of halogens is 2. The monoisotopic (exact) mass is 386 g/mol. The lowest BCUT2D eigenvalue weighted by molar-refractivity contribution is -0.122. The number of nitrogens with zero attached hydrogens (tertiary/aromatic N) is 2. The lowest BCUT2D eigenvalue weighted by atomic mass is 10.1. The molecule has 0 saturated carbocycles. The first-order valence-electron chi connectivity index (χ1n) is 8.46. The molecule has 1 fully saturated rings. The molecule has 138 valence electrons. The van der Waals surface area contributed by atoms with E-state index in [1.165, 1.54) is 0 Å². The molecule has 1 aliphatic heterocycles. The van der Waals surface area contributed by atoms with Crippen molar-refractivity contribution in [3.8, 4) is 0 Å². The third kappa shape index (κ3) is 6.06. The standard InChI is InChI=1S/C17H24Cl2N4O2/c1-2-20-16(24)12-22-8-10-23(11-9-22)17(25)21-7-6-13-14(18)4-3-5-15(13)19/h3-5H,2,6-12H2,1H3,(H,20,24)(H,21,25). The number of likely N-dealkylation sites (N-methyl/N-ethyl adjacent to an activating group) is 1. The van der Waals surface area contributed by atoms with Gasteiger partial charge in [-0.25, -0.2) is 4.79 Å². The van der Waals surface area contributed by atoms with Crippen molar-refractivity contribution in [1.29, 1.82) is 0 Å². The minimum atomic E-state index is -0.0964. The van der Waals surface area contributed by atoms with Crippen LogP contribution in [-0.2, 0) is 11.2 Å². The van der Waals surface area contributed by atoms with Crippen LogP contribution in [0.25, 0.3) is 0 Å². The smallest absolute Gasteiger partial charge is 0.317 e. The number of benzene rings is 1. The van der Waals surface area contributed by atoms with E-state index < -0.39 is 0 Å². The maximum atomic E-state index is 12.2. The van der Waals surface area contributed by atoms with Crippen LogP contribution in [0.3, 0.4) is 0 Å². The largest absolute Gasteiger partial charge is 0.355 e. The van der Waals surface area contributed by atoms with E-state index in [1.807, 2.05) is 6.92 Å². The molecule has 0 bridgehead atoms. The highest BCUT2D eigenvalue weighted by Crippen LogP contribution is 2.24. The van der Waals surface area contributed by atoms with E-state index in [4.69, 9.17) is 23.2 Å². The minimum absolute atomic E-state index is 0.0250.